The molecule has 3 aromatic rings. The van der Waals surface area contributed by atoms with Gasteiger partial charge in [0.15, 0.2) is 0 Å². The molecule has 0 heterocycles. The summed E-state index contributed by atoms with van der Waals surface area (Å²) in [6.07, 6.45) is -0.161. The van der Waals surface area contributed by atoms with Crippen LogP contribution in [0.2, 0.25) is 0 Å². The third kappa shape index (κ3) is 6.32. The minimum Gasteiger partial charge on any atom is -0.497 e. The SMILES string of the molecule is COC(=O)CC(NC(=O)c1ccc(S(=O)(=O)Nc2ccc(OC)cc2)cc1)c1ccc(F)cc1. The van der Waals surface area contributed by atoms with Gasteiger partial charge in [-0.3, -0.25) is 14.3 Å². The number of nitrogens with one attached hydrogen (secondary N) is 2. The molecule has 0 aliphatic carbocycles. The molecule has 1 atom stereocenters. The van der Waals surface area contributed by atoms with Gasteiger partial charge in [-0.2, -0.15) is 0 Å². The van der Waals surface area contributed by atoms with Crippen LogP contribution in [-0.4, -0.2) is 34.5 Å². The molecule has 3 rings (SSSR count). The van der Waals surface area contributed by atoms with Crippen molar-refractivity contribution in [2.24, 2.45) is 0 Å². The fourth-order valence-corrected chi connectivity index (χ4v) is 4.16. The van der Waals surface area contributed by atoms with Crippen LogP contribution in [-0.2, 0) is 19.6 Å². The molecule has 0 saturated heterocycles. The lowest BCUT2D eigenvalue weighted by molar-refractivity contribution is -0.141. The number of ether oxygens (including phenoxy) is 2. The number of sulfonamides is 1. The predicted octanol–water partition coefficient (Wildman–Crippen LogP) is 3.67. The number of amides is 1. The molecule has 1 unspecified atom stereocenters. The van der Waals surface area contributed by atoms with Crippen molar-refractivity contribution in [1.82, 2.24) is 5.32 Å². The highest BCUT2D eigenvalue weighted by Gasteiger charge is 2.21. The number of anilines is 1. The third-order valence-corrected chi connectivity index (χ3v) is 6.34. The normalized spacial score (nSPS) is 11.9. The van der Waals surface area contributed by atoms with Gasteiger partial charge in [0, 0.05) is 11.3 Å². The van der Waals surface area contributed by atoms with Crippen molar-refractivity contribution in [1.29, 1.82) is 0 Å². The van der Waals surface area contributed by atoms with E-state index in [9.17, 15) is 22.4 Å². The van der Waals surface area contributed by atoms with Crippen LogP contribution < -0.4 is 14.8 Å². The zero-order chi connectivity index (χ0) is 24.7. The van der Waals surface area contributed by atoms with Gasteiger partial charge in [0.05, 0.1) is 31.6 Å². The lowest BCUT2D eigenvalue weighted by Gasteiger charge is -2.18. The maximum Gasteiger partial charge on any atom is 0.307 e. The van der Waals surface area contributed by atoms with Gasteiger partial charge in [-0.1, -0.05) is 12.1 Å². The molecular formula is C24H23FN2O6S. The molecule has 0 aliphatic rings. The van der Waals surface area contributed by atoms with E-state index in [1.54, 1.807) is 24.3 Å². The van der Waals surface area contributed by atoms with Crippen LogP contribution in [0.15, 0.2) is 77.7 Å². The van der Waals surface area contributed by atoms with Crippen molar-refractivity contribution in [3.63, 3.8) is 0 Å². The Kier molecular flexibility index (Phi) is 7.85. The number of benzene rings is 3. The Morgan fingerprint density at radius 2 is 1.53 bits per heavy atom. The van der Waals surface area contributed by atoms with Crippen LogP contribution >= 0.6 is 0 Å². The molecule has 34 heavy (non-hydrogen) atoms. The highest BCUT2D eigenvalue weighted by atomic mass is 32.2. The average molecular weight is 487 g/mol. The second-order valence-corrected chi connectivity index (χ2v) is 8.90. The van der Waals surface area contributed by atoms with Gasteiger partial charge in [0.25, 0.3) is 15.9 Å². The second-order valence-electron chi connectivity index (χ2n) is 7.22. The van der Waals surface area contributed by atoms with Crippen LogP contribution in [0.4, 0.5) is 10.1 Å². The topological polar surface area (TPSA) is 111 Å². The summed E-state index contributed by atoms with van der Waals surface area (Å²) >= 11 is 0. The summed E-state index contributed by atoms with van der Waals surface area (Å²) in [6.45, 7) is 0. The van der Waals surface area contributed by atoms with Crippen molar-refractivity contribution in [2.75, 3.05) is 18.9 Å². The summed E-state index contributed by atoms with van der Waals surface area (Å²) in [5.74, 6) is -0.956. The second kappa shape index (κ2) is 10.8. The number of methoxy groups -OCH3 is 2. The van der Waals surface area contributed by atoms with E-state index < -0.39 is 33.8 Å². The molecule has 0 radical (unpaired) electrons. The fourth-order valence-electron chi connectivity index (χ4n) is 3.10. The fraction of sp³-hybridized carbons (Fsp3) is 0.167. The molecule has 0 aromatic heterocycles. The summed E-state index contributed by atoms with van der Waals surface area (Å²) in [4.78, 5) is 24.5. The highest BCUT2D eigenvalue weighted by molar-refractivity contribution is 7.92. The molecular weight excluding hydrogens is 463 g/mol. The summed E-state index contributed by atoms with van der Waals surface area (Å²) in [6, 6.07) is 16.3. The van der Waals surface area contributed by atoms with Gasteiger partial charge >= 0.3 is 5.97 Å². The summed E-state index contributed by atoms with van der Waals surface area (Å²) in [5.41, 5.74) is 1.05. The molecule has 0 fully saturated rings. The molecule has 1 amide bonds. The molecule has 0 saturated carbocycles. The molecule has 10 heteroatoms. The zero-order valence-electron chi connectivity index (χ0n) is 18.4. The first-order valence-electron chi connectivity index (χ1n) is 10.1. The van der Waals surface area contributed by atoms with Gasteiger partial charge in [-0.05, 0) is 66.2 Å². The number of hydrogen-bond donors (Lipinski definition) is 2. The third-order valence-electron chi connectivity index (χ3n) is 4.95. The molecule has 178 valence electrons. The summed E-state index contributed by atoms with van der Waals surface area (Å²) in [5, 5.41) is 2.70. The Morgan fingerprint density at radius 1 is 0.912 bits per heavy atom. The standard InChI is InChI=1S/C24H23FN2O6S/c1-32-20-11-9-19(10-12-20)27-34(30,31)21-13-5-17(6-14-21)24(29)26-22(15-23(28)33-2)16-3-7-18(25)8-4-16/h3-14,22,27H,15H2,1-2H3,(H,26,29). The first-order valence-corrected chi connectivity index (χ1v) is 11.6. The number of rotatable bonds is 9. The van der Waals surface area contributed by atoms with Crippen LogP contribution in [0.5, 0.6) is 5.75 Å². The maximum absolute atomic E-state index is 13.3. The molecule has 0 spiro atoms. The van der Waals surface area contributed by atoms with E-state index in [1.807, 2.05) is 0 Å². The lowest BCUT2D eigenvalue weighted by Crippen LogP contribution is -2.30. The van der Waals surface area contributed by atoms with Crippen LogP contribution in [0.1, 0.15) is 28.4 Å². The van der Waals surface area contributed by atoms with E-state index in [1.165, 1.54) is 62.8 Å². The first-order chi connectivity index (χ1) is 16.2. The minimum atomic E-state index is -3.88. The Labute approximate surface area is 196 Å². The van der Waals surface area contributed by atoms with Crippen molar-refractivity contribution in [2.45, 2.75) is 17.4 Å². The van der Waals surface area contributed by atoms with Crippen molar-refractivity contribution < 1.29 is 31.9 Å². The summed E-state index contributed by atoms with van der Waals surface area (Å²) < 4.78 is 50.8. The van der Waals surface area contributed by atoms with E-state index in [0.29, 0.717) is 17.0 Å². The van der Waals surface area contributed by atoms with Crippen LogP contribution in [0.3, 0.4) is 0 Å². The number of hydrogen-bond acceptors (Lipinski definition) is 6. The number of halogens is 1. The predicted molar refractivity (Wildman–Crippen MR) is 123 cm³/mol. The molecule has 8 nitrogen and oxygen atoms in total. The Bertz CT molecular complexity index is 1240. The smallest absolute Gasteiger partial charge is 0.307 e. The van der Waals surface area contributed by atoms with Crippen molar-refractivity contribution in [3.8, 4) is 5.75 Å². The van der Waals surface area contributed by atoms with Gasteiger partial charge < -0.3 is 14.8 Å². The van der Waals surface area contributed by atoms with E-state index in [-0.39, 0.29) is 16.9 Å². The quantitative estimate of drug-likeness (QED) is 0.447. The van der Waals surface area contributed by atoms with Gasteiger partial charge in [0.2, 0.25) is 0 Å². The van der Waals surface area contributed by atoms with Gasteiger partial charge in [-0.25, -0.2) is 12.8 Å². The maximum atomic E-state index is 13.3. The van der Waals surface area contributed by atoms with Crippen LogP contribution in [0.25, 0.3) is 0 Å². The Hall–Kier alpha value is -3.92. The molecule has 2 N–H and O–H groups in total. The number of carbonyl (C=O) groups is 2. The van der Waals surface area contributed by atoms with E-state index in [4.69, 9.17) is 4.74 Å². The minimum absolute atomic E-state index is 0.0375. The Morgan fingerprint density at radius 3 is 2.09 bits per heavy atom. The van der Waals surface area contributed by atoms with Gasteiger partial charge in [0.1, 0.15) is 11.6 Å². The van der Waals surface area contributed by atoms with Crippen molar-refractivity contribution >= 4 is 27.6 Å². The zero-order valence-corrected chi connectivity index (χ0v) is 19.3. The monoisotopic (exact) mass is 486 g/mol. The number of esters is 1. The van der Waals surface area contributed by atoms with E-state index >= 15 is 0 Å². The van der Waals surface area contributed by atoms with Gasteiger partial charge in [-0.15, -0.1) is 0 Å². The van der Waals surface area contributed by atoms with E-state index in [2.05, 4.69) is 14.8 Å². The lowest BCUT2D eigenvalue weighted by atomic mass is 10.0. The highest BCUT2D eigenvalue weighted by Crippen LogP contribution is 2.21. The molecule has 0 aliphatic heterocycles. The van der Waals surface area contributed by atoms with Crippen molar-refractivity contribution in [3.05, 3.63) is 89.7 Å². The summed E-state index contributed by atoms with van der Waals surface area (Å²) in [7, 11) is -1.15. The average Bonchev–Trinajstić information content (AvgIpc) is 2.84. The Balaban J connectivity index is 1.74. The number of carbonyl (C=O) groups excluding carboxylic acids is 2. The molecule has 3 aromatic carbocycles. The largest absolute Gasteiger partial charge is 0.497 e. The van der Waals surface area contributed by atoms with Crippen LogP contribution in [0, 0.1) is 5.82 Å². The first kappa shape index (κ1) is 24.7. The van der Waals surface area contributed by atoms with E-state index in [0.717, 1.165) is 0 Å². The molecule has 0 bridgehead atoms.